The number of hydrogen-bond acceptors (Lipinski definition) is 5. The summed E-state index contributed by atoms with van der Waals surface area (Å²) in [5.41, 5.74) is 0. The monoisotopic (exact) mass is 381 g/mol. The Balaban J connectivity index is 2.15. The molecule has 9 heteroatoms. The number of aromatic nitrogens is 1. The van der Waals surface area contributed by atoms with Crippen molar-refractivity contribution in [2.24, 2.45) is 0 Å². The summed E-state index contributed by atoms with van der Waals surface area (Å²) in [7, 11) is -3.98. The SMILES string of the molecule is CCOc1cccnc1NC(=O)C(CC)NS(=O)(=O)c1ccc(F)cc1. The lowest BCUT2D eigenvalue weighted by Crippen LogP contribution is -2.43. The second-order valence-corrected chi connectivity index (χ2v) is 7.02. The number of pyridine rings is 1. The van der Waals surface area contributed by atoms with Gasteiger partial charge >= 0.3 is 0 Å². The molecule has 0 saturated heterocycles. The number of carbonyl (C=O) groups is 1. The predicted octanol–water partition coefficient (Wildman–Crippen LogP) is 2.32. The van der Waals surface area contributed by atoms with Crippen LogP contribution in [-0.4, -0.2) is 32.0 Å². The predicted molar refractivity (Wildman–Crippen MR) is 94.8 cm³/mol. The molecule has 1 atom stereocenters. The quantitative estimate of drug-likeness (QED) is 0.731. The second kappa shape index (κ2) is 8.72. The first-order chi connectivity index (χ1) is 12.4. The third-order valence-electron chi connectivity index (χ3n) is 3.46. The van der Waals surface area contributed by atoms with Gasteiger partial charge in [-0.2, -0.15) is 4.72 Å². The van der Waals surface area contributed by atoms with Crippen LogP contribution in [0.3, 0.4) is 0 Å². The third kappa shape index (κ3) is 4.99. The first kappa shape index (κ1) is 19.8. The van der Waals surface area contributed by atoms with E-state index < -0.39 is 27.8 Å². The highest BCUT2D eigenvalue weighted by atomic mass is 32.2. The zero-order chi connectivity index (χ0) is 19.2. The van der Waals surface area contributed by atoms with Gasteiger partial charge in [0.1, 0.15) is 11.9 Å². The van der Waals surface area contributed by atoms with Gasteiger partial charge in [0.05, 0.1) is 11.5 Å². The average molecular weight is 381 g/mol. The molecule has 0 radical (unpaired) electrons. The summed E-state index contributed by atoms with van der Waals surface area (Å²) in [6.07, 6.45) is 1.70. The highest BCUT2D eigenvalue weighted by molar-refractivity contribution is 7.89. The maximum Gasteiger partial charge on any atom is 0.243 e. The summed E-state index contributed by atoms with van der Waals surface area (Å²) >= 11 is 0. The summed E-state index contributed by atoms with van der Waals surface area (Å²) in [5.74, 6) is -0.524. The topological polar surface area (TPSA) is 97.4 Å². The van der Waals surface area contributed by atoms with E-state index in [0.717, 1.165) is 24.3 Å². The smallest absolute Gasteiger partial charge is 0.243 e. The van der Waals surface area contributed by atoms with Crippen molar-refractivity contribution in [1.29, 1.82) is 0 Å². The zero-order valence-electron chi connectivity index (χ0n) is 14.4. The highest BCUT2D eigenvalue weighted by Gasteiger charge is 2.25. The van der Waals surface area contributed by atoms with Gasteiger partial charge in [-0.25, -0.2) is 17.8 Å². The molecule has 7 nitrogen and oxygen atoms in total. The van der Waals surface area contributed by atoms with Crippen molar-refractivity contribution < 1.29 is 22.3 Å². The van der Waals surface area contributed by atoms with E-state index in [-0.39, 0.29) is 17.1 Å². The Morgan fingerprint density at radius 2 is 1.92 bits per heavy atom. The minimum Gasteiger partial charge on any atom is -0.490 e. The van der Waals surface area contributed by atoms with Gasteiger partial charge in [0.2, 0.25) is 15.9 Å². The molecule has 140 valence electrons. The number of halogens is 1. The van der Waals surface area contributed by atoms with E-state index in [9.17, 15) is 17.6 Å². The average Bonchev–Trinajstić information content (AvgIpc) is 2.62. The summed E-state index contributed by atoms with van der Waals surface area (Å²) in [4.78, 5) is 16.4. The van der Waals surface area contributed by atoms with E-state index in [1.807, 2.05) is 0 Å². The van der Waals surface area contributed by atoms with E-state index in [0.29, 0.717) is 12.4 Å². The molecule has 1 unspecified atom stereocenters. The first-order valence-electron chi connectivity index (χ1n) is 8.04. The van der Waals surface area contributed by atoms with E-state index in [1.165, 1.54) is 6.20 Å². The summed E-state index contributed by atoms with van der Waals surface area (Å²) < 4.78 is 45.4. The highest BCUT2D eigenvalue weighted by Crippen LogP contribution is 2.21. The summed E-state index contributed by atoms with van der Waals surface area (Å²) in [6.45, 7) is 3.85. The van der Waals surface area contributed by atoms with E-state index >= 15 is 0 Å². The molecule has 1 aromatic heterocycles. The maximum atomic E-state index is 13.0. The van der Waals surface area contributed by atoms with Gasteiger partial charge in [0.25, 0.3) is 0 Å². The molecule has 1 heterocycles. The minimum absolute atomic E-state index is 0.127. The Morgan fingerprint density at radius 3 is 2.54 bits per heavy atom. The van der Waals surface area contributed by atoms with E-state index in [4.69, 9.17) is 4.74 Å². The van der Waals surface area contributed by atoms with Gasteiger partial charge in [-0.1, -0.05) is 6.92 Å². The van der Waals surface area contributed by atoms with Crippen LogP contribution in [0.5, 0.6) is 5.75 Å². The molecule has 0 aliphatic carbocycles. The molecule has 2 aromatic rings. The number of ether oxygens (including phenoxy) is 1. The molecule has 0 spiro atoms. The van der Waals surface area contributed by atoms with Crippen LogP contribution in [0.2, 0.25) is 0 Å². The Hall–Kier alpha value is -2.52. The molecule has 2 rings (SSSR count). The Labute approximate surface area is 151 Å². The standard InChI is InChI=1S/C17H20FN3O4S/c1-3-14(21-26(23,24)13-9-7-12(18)8-10-13)17(22)20-16-15(25-4-2)6-5-11-19-16/h5-11,14,21H,3-4H2,1-2H3,(H,19,20,22). The lowest BCUT2D eigenvalue weighted by Gasteiger charge is -2.17. The van der Waals surface area contributed by atoms with Crippen LogP contribution in [0.4, 0.5) is 10.2 Å². The number of nitrogens with one attached hydrogen (secondary N) is 2. The van der Waals surface area contributed by atoms with Crippen LogP contribution in [0, 0.1) is 5.82 Å². The molecule has 1 aromatic carbocycles. The van der Waals surface area contributed by atoms with Crippen LogP contribution in [-0.2, 0) is 14.8 Å². The zero-order valence-corrected chi connectivity index (χ0v) is 15.2. The fraction of sp³-hybridized carbons (Fsp3) is 0.294. The third-order valence-corrected chi connectivity index (χ3v) is 4.95. The molecule has 0 saturated carbocycles. The number of carbonyl (C=O) groups excluding carboxylic acids is 1. The number of nitrogens with zero attached hydrogens (tertiary/aromatic N) is 1. The number of hydrogen-bond donors (Lipinski definition) is 2. The summed E-state index contributed by atoms with van der Waals surface area (Å²) in [5, 5.41) is 2.57. The van der Waals surface area contributed by atoms with Gasteiger partial charge in [-0.05, 0) is 49.7 Å². The van der Waals surface area contributed by atoms with Crippen LogP contribution in [0.15, 0.2) is 47.5 Å². The first-order valence-corrected chi connectivity index (χ1v) is 9.52. The van der Waals surface area contributed by atoms with Crippen molar-refractivity contribution in [3.8, 4) is 5.75 Å². The molecular weight excluding hydrogens is 361 g/mol. The fourth-order valence-corrected chi connectivity index (χ4v) is 3.43. The number of benzene rings is 1. The number of rotatable bonds is 8. The van der Waals surface area contributed by atoms with Gasteiger partial charge in [0, 0.05) is 6.20 Å². The lowest BCUT2D eigenvalue weighted by atomic mass is 10.2. The largest absolute Gasteiger partial charge is 0.490 e. The lowest BCUT2D eigenvalue weighted by molar-refractivity contribution is -0.117. The molecule has 0 fully saturated rings. The molecular formula is C17H20FN3O4S. The molecule has 1 amide bonds. The van der Waals surface area contributed by atoms with Gasteiger partial charge in [-0.15, -0.1) is 0 Å². The Bertz CT molecular complexity index is 857. The molecule has 0 aliphatic rings. The number of sulfonamides is 1. The van der Waals surface area contributed by atoms with Gasteiger partial charge in [-0.3, -0.25) is 4.79 Å². The van der Waals surface area contributed by atoms with Crippen LogP contribution in [0.25, 0.3) is 0 Å². The molecule has 0 aliphatic heterocycles. The van der Waals surface area contributed by atoms with Crippen molar-refractivity contribution >= 4 is 21.7 Å². The van der Waals surface area contributed by atoms with Crippen molar-refractivity contribution in [3.05, 3.63) is 48.4 Å². The van der Waals surface area contributed by atoms with E-state index in [2.05, 4.69) is 15.0 Å². The van der Waals surface area contributed by atoms with Crippen LogP contribution in [0.1, 0.15) is 20.3 Å². The van der Waals surface area contributed by atoms with Crippen LogP contribution < -0.4 is 14.8 Å². The Kier molecular flexibility index (Phi) is 6.64. The van der Waals surface area contributed by atoms with E-state index in [1.54, 1.807) is 26.0 Å². The van der Waals surface area contributed by atoms with Crippen LogP contribution >= 0.6 is 0 Å². The van der Waals surface area contributed by atoms with Crippen molar-refractivity contribution in [2.45, 2.75) is 31.2 Å². The maximum absolute atomic E-state index is 13.0. The van der Waals surface area contributed by atoms with Crippen molar-refractivity contribution in [3.63, 3.8) is 0 Å². The normalized spacial score (nSPS) is 12.4. The minimum atomic E-state index is -3.98. The number of amides is 1. The second-order valence-electron chi connectivity index (χ2n) is 5.31. The fourth-order valence-electron chi connectivity index (χ4n) is 2.15. The molecule has 2 N–H and O–H groups in total. The molecule has 0 bridgehead atoms. The Morgan fingerprint density at radius 1 is 1.23 bits per heavy atom. The van der Waals surface area contributed by atoms with Gasteiger partial charge in [0.15, 0.2) is 11.6 Å². The van der Waals surface area contributed by atoms with Crippen molar-refractivity contribution in [2.75, 3.05) is 11.9 Å². The number of anilines is 1. The summed E-state index contributed by atoms with van der Waals surface area (Å²) in [6, 6.07) is 6.63. The van der Waals surface area contributed by atoms with Gasteiger partial charge < -0.3 is 10.1 Å². The van der Waals surface area contributed by atoms with Crippen molar-refractivity contribution in [1.82, 2.24) is 9.71 Å². The molecule has 26 heavy (non-hydrogen) atoms.